The van der Waals surface area contributed by atoms with E-state index < -0.39 is 16.1 Å². The number of nitrogens with one attached hydrogen (secondary N) is 1. The average Bonchev–Trinajstić information content (AvgIpc) is 2.38. The van der Waals surface area contributed by atoms with Gasteiger partial charge in [0, 0.05) is 12.2 Å². The van der Waals surface area contributed by atoms with E-state index in [1.165, 1.54) is 13.2 Å². The molecule has 20 heavy (non-hydrogen) atoms. The summed E-state index contributed by atoms with van der Waals surface area (Å²) in [5, 5.41) is 9.68. The van der Waals surface area contributed by atoms with Gasteiger partial charge in [0.05, 0.1) is 13.2 Å². The van der Waals surface area contributed by atoms with Gasteiger partial charge in [0.25, 0.3) is 0 Å². The van der Waals surface area contributed by atoms with Gasteiger partial charge in [-0.05, 0) is 30.5 Å². The van der Waals surface area contributed by atoms with Crippen LogP contribution in [-0.2, 0) is 10.0 Å². The van der Waals surface area contributed by atoms with Crippen LogP contribution >= 0.6 is 0 Å². The van der Waals surface area contributed by atoms with Crippen molar-refractivity contribution >= 4 is 15.7 Å². The number of nitrogen functional groups attached to an aromatic ring is 1. The van der Waals surface area contributed by atoms with Crippen molar-refractivity contribution < 1.29 is 18.3 Å². The number of anilines is 1. The molecule has 1 rings (SSSR count). The fourth-order valence-corrected chi connectivity index (χ4v) is 2.79. The number of aliphatic hydroxyl groups excluding tert-OH is 1. The van der Waals surface area contributed by atoms with E-state index >= 15 is 0 Å². The fourth-order valence-electron chi connectivity index (χ4n) is 1.56. The van der Waals surface area contributed by atoms with Crippen molar-refractivity contribution in [2.75, 3.05) is 19.4 Å². The van der Waals surface area contributed by atoms with Crippen LogP contribution in [0.3, 0.4) is 0 Å². The number of aryl methyl sites for hydroxylation is 1. The monoisotopic (exact) mass is 302 g/mol. The van der Waals surface area contributed by atoms with E-state index in [2.05, 4.69) is 4.72 Å². The largest absolute Gasteiger partial charge is 0.495 e. The molecule has 6 nitrogen and oxygen atoms in total. The lowest BCUT2D eigenvalue weighted by Gasteiger charge is -2.17. The molecule has 0 saturated heterocycles. The molecule has 0 amide bonds. The summed E-state index contributed by atoms with van der Waals surface area (Å²) in [5.74, 6) is 0.186. The summed E-state index contributed by atoms with van der Waals surface area (Å²) in [6.45, 7) is 5.33. The number of aliphatic hydroxyl groups is 1. The van der Waals surface area contributed by atoms with E-state index in [1.54, 1.807) is 13.0 Å². The van der Waals surface area contributed by atoms with Crippen LogP contribution in [0.1, 0.15) is 19.4 Å². The molecule has 1 unspecified atom stereocenters. The molecule has 0 aliphatic heterocycles. The van der Waals surface area contributed by atoms with Crippen molar-refractivity contribution in [1.29, 1.82) is 0 Å². The summed E-state index contributed by atoms with van der Waals surface area (Å²) >= 11 is 0. The van der Waals surface area contributed by atoms with Crippen molar-refractivity contribution in [3.63, 3.8) is 0 Å². The molecule has 0 aliphatic carbocycles. The molecule has 1 aromatic carbocycles. The molecule has 0 aliphatic rings. The van der Waals surface area contributed by atoms with Crippen LogP contribution in [0.2, 0.25) is 0 Å². The van der Waals surface area contributed by atoms with E-state index in [9.17, 15) is 13.5 Å². The number of hydrogen-bond acceptors (Lipinski definition) is 5. The zero-order valence-electron chi connectivity index (χ0n) is 12.2. The van der Waals surface area contributed by atoms with Gasteiger partial charge < -0.3 is 15.6 Å². The Labute approximate surface area is 120 Å². The molecule has 1 atom stereocenters. The zero-order chi connectivity index (χ0) is 15.5. The van der Waals surface area contributed by atoms with Gasteiger partial charge in [0.15, 0.2) is 0 Å². The second-order valence-corrected chi connectivity index (χ2v) is 6.76. The Morgan fingerprint density at radius 3 is 2.50 bits per heavy atom. The van der Waals surface area contributed by atoms with Crippen LogP contribution in [0.25, 0.3) is 0 Å². The Hall–Kier alpha value is -1.31. The molecule has 0 fully saturated rings. The second-order valence-electron chi connectivity index (χ2n) is 5.02. The van der Waals surface area contributed by atoms with Gasteiger partial charge in [-0.25, -0.2) is 13.1 Å². The summed E-state index contributed by atoms with van der Waals surface area (Å²) in [5.41, 5.74) is 6.86. The van der Waals surface area contributed by atoms with Gasteiger partial charge >= 0.3 is 0 Å². The highest BCUT2D eigenvalue weighted by Gasteiger charge is 2.22. The first-order chi connectivity index (χ1) is 9.19. The van der Waals surface area contributed by atoms with Crippen molar-refractivity contribution in [2.45, 2.75) is 31.8 Å². The maximum Gasteiger partial charge on any atom is 0.244 e. The van der Waals surface area contributed by atoms with Crippen LogP contribution in [0, 0.1) is 12.8 Å². The van der Waals surface area contributed by atoms with Crippen molar-refractivity contribution in [2.24, 2.45) is 5.92 Å². The second kappa shape index (κ2) is 6.43. The highest BCUT2D eigenvalue weighted by molar-refractivity contribution is 7.89. The van der Waals surface area contributed by atoms with Gasteiger partial charge in [-0.15, -0.1) is 0 Å². The quantitative estimate of drug-likeness (QED) is 0.677. The first-order valence-electron chi connectivity index (χ1n) is 6.31. The third kappa shape index (κ3) is 3.84. The minimum Gasteiger partial charge on any atom is -0.495 e. The topological polar surface area (TPSA) is 102 Å². The lowest BCUT2D eigenvalue weighted by Crippen LogP contribution is -2.34. The van der Waals surface area contributed by atoms with Crippen LogP contribution in [-0.4, -0.2) is 33.3 Å². The van der Waals surface area contributed by atoms with Crippen LogP contribution in [0.5, 0.6) is 5.75 Å². The number of hydrogen-bond donors (Lipinski definition) is 3. The summed E-state index contributed by atoms with van der Waals surface area (Å²) < 4.78 is 31.9. The van der Waals surface area contributed by atoms with Gasteiger partial charge in [-0.2, -0.15) is 0 Å². The first-order valence-corrected chi connectivity index (χ1v) is 7.79. The number of benzene rings is 1. The number of rotatable bonds is 6. The Morgan fingerprint density at radius 2 is 2.00 bits per heavy atom. The molecule has 0 radical (unpaired) electrons. The summed E-state index contributed by atoms with van der Waals surface area (Å²) in [4.78, 5) is -0.0287. The summed E-state index contributed by atoms with van der Waals surface area (Å²) in [6, 6.07) is 2.93. The SMILES string of the molecule is COc1cc(C)c(N)cc1S(=O)(=O)NCC(O)C(C)C. The van der Waals surface area contributed by atoms with E-state index in [-0.39, 0.29) is 23.1 Å². The Kier molecular flexibility index (Phi) is 5.38. The molecule has 1 aromatic rings. The van der Waals surface area contributed by atoms with Crippen LogP contribution < -0.4 is 15.2 Å². The minimum absolute atomic E-state index is 0.0287. The van der Waals surface area contributed by atoms with Crippen LogP contribution in [0.15, 0.2) is 17.0 Å². The lowest BCUT2D eigenvalue weighted by atomic mass is 10.1. The molecular formula is C13H22N2O4S. The molecule has 0 heterocycles. The highest BCUT2D eigenvalue weighted by atomic mass is 32.2. The standard InChI is InChI=1S/C13H22N2O4S/c1-8(2)11(16)7-15-20(17,18)13-6-10(14)9(3)5-12(13)19-4/h5-6,8,11,15-16H,7,14H2,1-4H3. The number of ether oxygens (including phenoxy) is 1. The smallest absolute Gasteiger partial charge is 0.244 e. The summed E-state index contributed by atoms with van der Waals surface area (Å²) in [6.07, 6.45) is -0.751. The predicted octanol–water partition coefficient (Wildman–Crippen LogP) is 0.881. The Bertz CT molecular complexity index is 570. The third-order valence-electron chi connectivity index (χ3n) is 3.09. The van der Waals surface area contributed by atoms with Gasteiger partial charge in [0.1, 0.15) is 10.6 Å². The molecular weight excluding hydrogens is 280 g/mol. The molecule has 4 N–H and O–H groups in total. The van der Waals surface area contributed by atoms with Gasteiger partial charge in [0.2, 0.25) is 10.0 Å². The fraction of sp³-hybridized carbons (Fsp3) is 0.538. The number of nitrogens with two attached hydrogens (primary N) is 1. The molecule has 7 heteroatoms. The average molecular weight is 302 g/mol. The summed E-state index contributed by atoms with van der Waals surface area (Å²) in [7, 11) is -2.39. The van der Waals surface area contributed by atoms with E-state index in [0.29, 0.717) is 5.69 Å². The lowest BCUT2D eigenvalue weighted by molar-refractivity contribution is 0.129. The first kappa shape index (κ1) is 16.7. The van der Waals surface area contributed by atoms with E-state index in [4.69, 9.17) is 10.5 Å². The van der Waals surface area contributed by atoms with Gasteiger partial charge in [-0.3, -0.25) is 0 Å². The van der Waals surface area contributed by atoms with Crippen molar-refractivity contribution in [3.05, 3.63) is 17.7 Å². The van der Waals surface area contributed by atoms with Crippen molar-refractivity contribution in [1.82, 2.24) is 4.72 Å². The van der Waals surface area contributed by atoms with Crippen LogP contribution in [0.4, 0.5) is 5.69 Å². The zero-order valence-corrected chi connectivity index (χ0v) is 13.0. The van der Waals surface area contributed by atoms with E-state index in [0.717, 1.165) is 5.56 Å². The maximum atomic E-state index is 12.2. The Morgan fingerprint density at radius 1 is 1.40 bits per heavy atom. The predicted molar refractivity (Wildman–Crippen MR) is 78.2 cm³/mol. The molecule has 114 valence electrons. The minimum atomic E-state index is -3.79. The molecule has 0 aromatic heterocycles. The maximum absolute atomic E-state index is 12.2. The molecule has 0 saturated carbocycles. The number of sulfonamides is 1. The van der Waals surface area contributed by atoms with Crippen molar-refractivity contribution in [3.8, 4) is 5.75 Å². The van der Waals surface area contributed by atoms with E-state index in [1.807, 2.05) is 13.8 Å². The Balaban J connectivity index is 3.06. The molecule has 0 bridgehead atoms. The van der Waals surface area contributed by atoms with Gasteiger partial charge in [-0.1, -0.05) is 13.8 Å². The highest BCUT2D eigenvalue weighted by Crippen LogP contribution is 2.28. The number of methoxy groups -OCH3 is 1. The normalized spacial score (nSPS) is 13.5. The molecule has 0 spiro atoms. The third-order valence-corrected chi connectivity index (χ3v) is 4.54.